The highest BCUT2D eigenvalue weighted by Crippen LogP contribution is 2.43. The number of methoxy groups -OCH3 is 1. The van der Waals surface area contributed by atoms with Crippen LogP contribution in [0.5, 0.6) is 5.75 Å². The maximum absolute atomic E-state index is 13.1. The molecule has 2 aromatic rings. The average molecular weight is 405 g/mol. The van der Waals surface area contributed by atoms with Gasteiger partial charge in [0, 0.05) is 11.6 Å². The van der Waals surface area contributed by atoms with E-state index in [0.29, 0.717) is 11.3 Å². The Kier molecular flexibility index (Phi) is 5.62. The Hall–Kier alpha value is -3.08. The molecule has 1 unspecified atom stereocenters. The van der Waals surface area contributed by atoms with E-state index in [1.54, 1.807) is 36.3 Å². The topological polar surface area (TPSA) is 66.8 Å². The van der Waals surface area contributed by atoms with Crippen molar-refractivity contribution >= 4 is 17.4 Å². The number of hydrogen-bond acceptors (Lipinski definition) is 4. The molecular weight excluding hydrogens is 378 g/mol. The van der Waals surface area contributed by atoms with E-state index in [2.05, 4.69) is 0 Å². The normalized spacial score (nSPS) is 21.8. The smallest absolute Gasteiger partial charge is 0.295 e. The van der Waals surface area contributed by atoms with Crippen LogP contribution in [0.4, 0.5) is 0 Å². The maximum Gasteiger partial charge on any atom is 0.295 e. The Labute approximate surface area is 177 Å². The summed E-state index contributed by atoms with van der Waals surface area (Å²) in [6.45, 7) is 1.99. The predicted octanol–water partition coefficient (Wildman–Crippen LogP) is 4.76. The number of ketones is 1. The quantitative estimate of drug-likeness (QED) is 0.453. The molecule has 1 amide bonds. The highest BCUT2D eigenvalue weighted by atomic mass is 16.5. The van der Waals surface area contributed by atoms with Crippen molar-refractivity contribution in [3.63, 3.8) is 0 Å². The molecule has 30 heavy (non-hydrogen) atoms. The summed E-state index contributed by atoms with van der Waals surface area (Å²) in [7, 11) is 1.57. The van der Waals surface area contributed by atoms with Crippen molar-refractivity contribution in [1.82, 2.24) is 4.90 Å². The minimum Gasteiger partial charge on any atom is -0.507 e. The monoisotopic (exact) mass is 405 g/mol. The van der Waals surface area contributed by atoms with Crippen LogP contribution in [-0.2, 0) is 9.59 Å². The number of rotatable bonds is 4. The number of benzene rings is 2. The Morgan fingerprint density at radius 1 is 1.03 bits per heavy atom. The van der Waals surface area contributed by atoms with E-state index in [-0.39, 0.29) is 17.4 Å². The number of nitrogens with zero attached hydrogens (tertiary/aromatic N) is 1. The molecular formula is C25H27NO4. The van der Waals surface area contributed by atoms with Crippen LogP contribution < -0.4 is 4.74 Å². The van der Waals surface area contributed by atoms with Gasteiger partial charge in [-0.05, 0) is 49.6 Å². The van der Waals surface area contributed by atoms with Crippen LogP contribution in [0.2, 0.25) is 0 Å². The number of aliphatic hydroxyl groups excluding tert-OH is 1. The fraction of sp³-hybridized carbons (Fsp3) is 0.360. The first-order valence-corrected chi connectivity index (χ1v) is 10.5. The van der Waals surface area contributed by atoms with E-state index in [9.17, 15) is 14.7 Å². The molecule has 1 saturated carbocycles. The van der Waals surface area contributed by atoms with Gasteiger partial charge in [0.15, 0.2) is 0 Å². The van der Waals surface area contributed by atoms with Gasteiger partial charge in [0.1, 0.15) is 11.5 Å². The second-order valence-electron chi connectivity index (χ2n) is 8.14. The minimum absolute atomic E-state index is 0.0156. The Morgan fingerprint density at radius 3 is 2.37 bits per heavy atom. The molecule has 156 valence electrons. The third-order valence-corrected chi connectivity index (χ3v) is 6.17. The standard InChI is InChI=1S/C25H27NO4/c1-16-7-6-8-18(15-16)22-21(23(27)17-11-13-20(30-2)14-12-17)24(28)25(29)26(22)19-9-4-3-5-10-19/h6-8,11-15,19,22,27H,3-5,9-10H2,1-2H3/b23-21-. The number of likely N-dealkylation sites (tertiary alicyclic amines) is 1. The first kappa shape index (κ1) is 20.2. The molecule has 2 aliphatic rings. The summed E-state index contributed by atoms with van der Waals surface area (Å²) in [4.78, 5) is 28.0. The van der Waals surface area contributed by atoms with Crippen molar-refractivity contribution in [3.05, 3.63) is 70.8 Å². The van der Waals surface area contributed by atoms with Crippen molar-refractivity contribution in [1.29, 1.82) is 0 Å². The molecule has 1 atom stereocenters. The number of amides is 1. The lowest BCUT2D eigenvalue weighted by atomic mass is 9.90. The zero-order chi connectivity index (χ0) is 21.3. The summed E-state index contributed by atoms with van der Waals surface area (Å²) < 4.78 is 5.19. The predicted molar refractivity (Wildman–Crippen MR) is 115 cm³/mol. The number of aryl methyl sites for hydroxylation is 1. The number of ether oxygens (including phenoxy) is 1. The molecule has 5 nitrogen and oxygen atoms in total. The summed E-state index contributed by atoms with van der Waals surface area (Å²) in [6.07, 6.45) is 5.02. The molecule has 1 heterocycles. The van der Waals surface area contributed by atoms with Gasteiger partial charge in [-0.15, -0.1) is 0 Å². The molecule has 0 radical (unpaired) electrons. The Bertz CT molecular complexity index is 986. The molecule has 2 fully saturated rings. The second kappa shape index (κ2) is 8.34. The van der Waals surface area contributed by atoms with E-state index in [4.69, 9.17) is 4.74 Å². The zero-order valence-electron chi connectivity index (χ0n) is 17.4. The van der Waals surface area contributed by atoms with E-state index < -0.39 is 17.7 Å². The van der Waals surface area contributed by atoms with Gasteiger partial charge in [0.2, 0.25) is 0 Å². The fourth-order valence-electron chi connectivity index (χ4n) is 4.66. The lowest BCUT2D eigenvalue weighted by molar-refractivity contribution is -0.141. The van der Waals surface area contributed by atoms with Crippen LogP contribution in [0.3, 0.4) is 0 Å². The van der Waals surface area contributed by atoms with Gasteiger partial charge >= 0.3 is 0 Å². The number of aliphatic hydroxyl groups is 1. The van der Waals surface area contributed by atoms with Crippen LogP contribution in [0.1, 0.15) is 54.8 Å². The summed E-state index contributed by atoms with van der Waals surface area (Å²) in [5.74, 6) is -0.603. The van der Waals surface area contributed by atoms with E-state index in [0.717, 1.165) is 43.2 Å². The van der Waals surface area contributed by atoms with Crippen LogP contribution in [-0.4, -0.2) is 34.8 Å². The minimum atomic E-state index is -0.611. The van der Waals surface area contributed by atoms with Gasteiger partial charge in [-0.2, -0.15) is 0 Å². The van der Waals surface area contributed by atoms with Gasteiger partial charge in [0.25, 0.3) is 11.7 Å². The second-order valence-corrected chi connectivity index (χ2v) is 8.14. The van der Waals surface area contributed by atoms with Crippen LogP contribution >= 0.6 is 0 Å². The summed E-state index contributed by atoms with van der Waals surface area (Å²) in [5.41, 5.74) is 2.57. The van der Waals surface area contributed by atoms with Crippen molar-refractivity contribution in [2.24, 2.45) is 0 Å². The molecule has 1 saturated heterocycles. The highest BCUT2D eigenvalue weighted by Gasteiger charge is 2.48. The molecule has 0 bridgehead atoms. The molecule has 1 N–H and O–H groups in total. The fourth-order valence-corrected chi connectivity index (χ4v) is 4.66. The van der Waals surface area contributed by atoms with Crippen molar-refractivity contribution in [2.45, 2.75) is 51.1 Å². The lowest BCUT2D eigenvalue weighted by Crippen LogP contribution is -2.40. The average Bonchev–Trinajstić information content (AvgIpc) is 3.04. The van der Waals surface area contributed by atoms with Gasteiger partial charge in [0.05, 0.1) is 18.7 Å². The molecule has 0 aromatic heterocycles. The molecule has 0 spiro atoms. The van der Waals surface area contributed by atoms with Crippen LogP contribution in [0, 0.1) is 6.92 Å². The van der Waals surface area contributed by atoms with Crippen molar-refractivity contribution in [3.8, 4) is 5.75 Å². The van der Waals surface area contributed by atoms with E-state index in [1.165, 1.54) is 0 Å². The Morgan fingerprint density at radius 2 is 1.73 bits per heavy atom. The molecule has 2 aromatic carbocycles. The third-order valence-electron chi connectivity index (χ3n) is 6.17. The maximum atomic E-state index is 13.1. The summed E-state index contributed by atoms with van der Waals surface area (Å²) in [5, 5.41) is 11.1. The van der Waals surface area contributed by atoms with E-state index in [1.807, 2.05) is 31.2 Å². The highest BCUT2D eigenvalue weighted by molar-refractivity contribution is 6.46. The van der Waals surface area contributed by atoms with Crippen LogP contribution in [0.15, 0.2) is 54.1 Å². The van der Waals surface area contributed by atoms with Gasteiger partial charge in [-0.1, -0.05) is 49.1 Å². The number of Topliss-reactive ketones (excluding diaryl/α,β-unsaturated/α-hetero) is 1. The number of carbonyl (C=O) groups is 2. The molecule has 1 aliphatic carbocycles. The van der Waals surface area contributed by atoms with E-state index >= 15 is 0 Å². The largest absolute Gasteiger partial charge is 0.507 e. The first-order valence-electron chi connectivity index (χ1n) is 10.5. The van der Waals surface area contributed by atoms with Crippen molar-refractivity contribution < 1.29 is 19.4 Å². The van der Waals surface area contributed by atoms with Crippen molar-refractivity contribution in [2.75, 3.05) is 7.11 Å². The van der Waals surface area contributed by atoms with Gasteiger partial charge in [-0.3, -0.25) is 9.59 Å². The SMILES string of the molecule is COc1ccc(/C(O)=C2/C(=O)C(=O)N(C3CCCCC3)C2c2cccc(C)c2)cc1. The Balaban J connectivity index is 1.85. The summed E-state index contributed by atoms with van der Waals surface area (Å²) in [6, 6.07) is 14.1. The zero-order valence-corrected chi connectivity index (χ0v) is 17.4. The molecule has 5 heteroatoms. The van der Waals surface area contributed by atoms with Gasteiger partial charge in [-0.25, -0.2) is 0 Å². The summed E-state index contributed by atoms with van der Waals surface area (Å²) >= 11 is 0. The van der Waals surface area contributed by atoms with Gasteiger partial charge < -0.3 is 14.7 Å². The first-order chi connectivity index (χ1) is 14.5. The lowest BCUT2D eigenvalue weighted by Gasteiger charge is -2.35. The number of carbonyl (C=O) groups excluding carboxylic acids is 2. The van der Waals surface area contributed by atoms with Crippen LogP contribution in [0.25, 0.3) is 5.76 Å². The molecule has 1 aliphatic heterocycles. The number of hydrogen-bond donors (Lipinski definition) is 1. The third kappa shape index (κ3) is 3.60. The molecule has 4 rings (SSSR count).